The van der Waals surface area contributed by atoms with Gasteiger partial charge in [0.2, 0.25) is 0 Å². The summed E-state index contributed by atoms with van der Waals surface area (Å²) < 4.78 is 0. The molecule has 0 spiro atoms. The molecule has 3 heteroatoms. The van der Waals surface area contributed by atoms with E-state index in [-0.39, 0.29) is 11.3 Å². The zero-order valence-electron chi connectivity index (χ0n) is 9.31. The maximum Gasteiger partial charge on any atom is 0.339 e. The lowest BCUT2D eigenvalue weighted by molar-refractivity contribution is 0.0694. The molecule has 0 saturated heterocycles. The van der Waals surface area contributed by atoms with Gasteiger partial charge in [0.15, 0.2) is 0 Å². The SMILES string of the molecule is CCCCC=Cc1ccc(C(=O)O)c(O)c1. The summed E-state index contributed by atoms with van der Waals surface area (Å²) in [4.78, 5) is 10.7. The molecule has 0 unspecified atom stereocenters. The second-order valence-corrected chi connectivity index (χ2v) is 3.63. The number of aromatic carboxylic acids is 1. The lowest BCUT2D eigenvalue weighted by Gasteiger charge is -2.00. The average Bonchev–Trinajstić information content (AvgIpc) is 2.24. The number of unbranched alkanes of at least 4 members (excludes halogenated alkanes) is 2. The van der Waals surface area contributed by atoms with Crippen molar-refractivity contribution in [3.8, 4) is 5.75 Å². The molecule has 86 valence electrons. The Hall–Kier alpha value is -1.77. The molecule has 16 heavy (non-hydrogen) atoms. The normalized spacial score (nSPS) is 10.8. The first-order valence-electron chi connectivity index (χ1n) is 5.38. The Morgan fingerprint density at radius 1 is 1.44 bits per heavy atom. The van der Waals surface area contributed by atoms with E-state index in [2.05, 4.69) is 6.92 Å². The van der Waals surface area contributed by atoms with Crippen LogP contribution in [0.2, 0.25) is 0 Å². The summed E-state index contributed by atoms with van der Waals surface area (Å²) >= 11 is 0. The molecule has 1 aromatic carbocycles. The molecule has 0 amide bonds. The molecule has 0 fully saturated rings. The minimum absolute atomic E-state index is 0.0642. The molecule has 0 saturated carbocycles. The summed E-state index contributed by atoms with van der Waals surface area (Å²) in [5, 5.41) is 18.2. The minimum Gasteiger partial charge on any atom is -0.507 e. The largest absolute Gasteiger partial charge is 0.507 e. The number of hydrogen-bond acceptors (Lipinski definition) is 2. The lowest BCUT2D eigenvalue weighted by Crippen LogP contribution is -1.96. The van der Waals surface area contributed by atoms with Crippen molar-refractivity contribution in [2.45, 2.75) is 26.2 Å². The Labute approximate surface area is 95.0 Å². The van der Waals surface area contributed by atoms with Crippen molar-refractivity contribution >= 4 is 12.0 Å². The monoisotopic (exact) mass is 220 g/mol. The standard InChI is InChI=1S/C13H16O3/c1-2-3-4-5-6-10-7-8-11(13(15)16)12(14)9-10/h5-9,14H,2-4H2,1H3,(H,15,16). The molecule has 2 N–H and O–H groups in total. The van der Waals surface area contributed by atoms with Crippen molar-refractivity contribution in [2.24, 2.45) is 0 Å². The van der Waals surface area contributed by atoms with Crippen LogP contribution in [0.1, 0.15) is 42.1 Å². The fraction of sp³-hybridized carbons (Fsp3) is 0.308. The minimum atomic E-state index is -1.11. The van der Waals surface area contributed by atoms with Crippen LogP contribution in [0.15, 0.2) is 24.3 Å². The number of rotatable bonds is 5. The molecule has 0 atom stereocenters. The van der Waals surface area contributed by atoms with Crippen molar-refractivity contribution in [3.05, 3.63) is 35.4 Å². The van der Waals surface area contributed by atoms with E-state index in [0.717, 1.165) is 24.8 Å². The van der Waals surface area contributed by atoms with Crippen LogP contribution in [0.25, 0.3) is 6.08 Å². The first-order valence-corrected chi connectivity index (χ1v) is 5.38. The molecule has 0 aliphatic carbocycles. The number of carboxylic acids is 1. The lowest BCUT2D eigenvalue weighted by atomic mass is 10.1. The van der Waals surface area contributed by atoms with E-state index in [1.807, 2.05) is 12.2 Å². The molecule has 0 heterocycles. The third-order valence-corrected chi connectivity index (χ3v) is 2.29. The van der Waals surface area contributed by atoms with Gasteiger partial charge in [-0.05, 0) is 24.1 Å². The summed E-state index contributed by atoms with van der Waals surface area (Å²) in [6, 6.07) is 4.56. The van der Waals surface area contributed by atoms with Gasteiger partial charge in [0, 0.05) is 0 Å². The number of benzene rings is 1. The smallest absolute Gasteiger partial charge is 0.339 e. The fourth-order valence-corrected chi connectivity index (χ4v) is 1.37. The van der Waals surface area contributed by atoms with Crippen molar-refractivity contribution in [1.82, 2.24) is 0 Å². The van der Waals surface area contributed by atoms with Crippen LogP contribution in [-0.4, -0.2) is 16.2 Å². The van der Waals surface area contributed by atoms with Gasteiger partial charge in [0.25, 0.3) is 0 Å². The Bertz CT molecular complexity index is 394. The van der Waals surface area contributed by atoms with Gasteiger partial charge in [0.05, 0.1) is 0 Å². The quantitative estimate of drug-likeness (QED) is 0.748. The molecule has 1 aromatic rings. The van der Waals surface area contributed by atoms with Crippen molar-refractivity contribution in [3.63, 3.8) is 0 Å². The summed E-state index contributed by atoms with van der Waals surface area (Å²) in [7, 11) is 0. The van der Waals surface area contributed by atoms with Gasteiger partial charge >= 0.3 is 5.97 Å². The van der Waals surface area contributed by atoms with Crippen LogP contribution in [0.3, 0.4) is 0 Å². The van der Waals surface area contributed by atoms with Gasteiger partial charge in [0.1, 0.15) is 11.3 Å². The molecule has 1 rings (SSSR count). The Morgan fingerprint density at radius 3 is 2.75 bits per heavy atom. The second-order valence-electron chi connectivity index (χ2n) is 3.63. The van der Waals surface area contributed by atoms with E-state index in [0.29, 0.717) is 0 Å². The van der Waals surface area contributed by atoms with E-state index in [1.54, 1.807) is 6.07 Å². The van der Waals surface area contributed by atoms with E-state index in [9.17, 15) is 9.90 Å². The van der Waals surface area contributed by atoms with Gasteiger partial charge in [-0.2, -0.15) is 0 Å². The maximum atomic E-state index is 10.7. The third kappa shape index (κ3) is 3.42. The third-order valence-electron chi connectivity index (χ3n) is 2.29. The highest BCUT2D eigenvalue weighted by molar-refractivity contribution is 5.91. The number of aromatic hydroxyl groups is 1. The Balaban J connectivity index is 2.73. The van der Waals surface area contributed by atoms with Crippen LogP contribution in [0, 0.1) is 0 Å². The van der Waals surface area contributed by atoms with Crippen molar-refractivity contribution in [1.29, 1.82) is 0 Å². The van der Waals surface area contributed by atoms with E-state index in [1.165, 1.54) is 12.1 Å². The summed E-state index contributed by atoms with van der Waals surface area (Å²) in [6.07, 6.45) is 7.20. The average molecular weight is 220 g/mol. The van der Waals surface area contributed by atoms with Crippen LogP contribution >= 0.6 is 0 Å². The van der Waals surface area contributed by atoms with Gasteiger partial charge < -0.3 is 10.2 Å². The van der Waals surface area contributed by atoms with Crippen LogP contribution in [0.5, 0.6) is 5.75 Å². The van der Waals surface area contributed by atoms with E-state index < -0.39 is 5.97 Å². The summed E-state index contributed by atoms with van der Waals surface area (Å²) in [6.45, 7) is 2.13. The van der Waals surface area contributed by atoms with Gasteiger partial charge in [-0.15, -0.1) is 0 Å². The number of phenols is 1. The predicted molar refractivity (Wildman–Crippen MR) is 63.6 cm³/mol. The van der Waals surface area contributed by atoms with Crippen molar-refractivity contribution < 1.29 is 15.0 Å². The molecule has 0 aliphatic rings. The predicted octanol–water partition coefficient (Wildman–Crippen LogP) is 3.29. The Kier molecular flexibility index (Phi) is 4.58. The summed E-state index contributed by atoms with van der Waals surface area (Å²) in [5.74, 6) is -1.30. The highest BCUT2D eigenvalue weighted by Crippen LogP contribution is 2.19. The first-order chi connectivity index (χ1) is 7.65. The molecule has 3 nitrogen and oxygen atoms in total. The number of carboxylic acid groups (broad SMARTS) is 1. The van der Waals surface area contributed by atoms with E-state index >= 15 is 0 Å². The zero-order chi connectivity index (χ0) is 12.0. The molecular formula is C13H16O3. The summed E-state index contributed by atoms with van der Waals surface area (Å²) in [5.41, 5.74) is 0.754. The van der Waals surface area contributed by atoms with Gasteiger partial charge in [-0.1, -0.05) is 38.0 Å². The van der Waals surface area contributed by atoms with Crippen molar-refractivity contribution in [2.75, 3.05) is 0 Å². The van der Waals surface area contributed by atoms with Crippen LogP contribution in [-0.2, 0) is 0 Å². The molecule has 0 bridgehead atoms. The first kappa shape index (κ1) is 12.3. The Morgan fingerprint density at radius 2 is 2.19 bits per heavy atom. The fourth-order valence-electron chi connectivity index (χ4n) is 1.37. The second kappa shape index (κ2) is 5.95. The maximum absolute atomic E-state index is 10.7. The highest BCUT2D eigenvalue weighted by Gasteiger charge is 2.08. The van der Waals surface area contributed by atoms with Gasteiger partial charge in [-0.3, -0.25) is 0 Å². The number of allylic oxidation sites excluding steroid dienone is 1. The molecule has 0 radical (unpaired) electrons. The molecular weight excluding hydrogens is 204 g/mol. The number of hydrogen-bond donors (Lipinski definition) is 2. The molecule has 0 aliphatic heterocycles. The van der Waals surface area contributed by atoms with Crippen LogP contribution in [0.4, 0.5) is 0 Å². The number of carbonyl (C=O) groups is 1. The van der Waals surface area contributed by atoms with Crippen LogP contribution < -0.4 is 0 Å². The zero-order valence-corrected chi connectivity index (χ0v) is 9.31. The topological polar surface area (TPSA) is 57.5 Å². The highest BCUT2D eigenvalue weighted by atomic mass is 16.4. The van der Waals surface area contributed by atoms with Gasteiger partial charge in [-0.25, -0.2) is 4.79 Å². The molecule has 0 aromatic heterocycles. The van der Waals surface area contributed by atoms with E-state index in [4.69, 9.17) is 5.11 Å².